The Morgan fingerprint density at radius 1 is 1.17 bits per heavy atom. The summed E-state index contributed by atoms with van der Waals surface area (Å²) < 4.78 is 15.0. The molecule has 1 unspecified atom stereocenters. The van der Waals surface area contributed by atoms with Crippen LogP contribution in [-0.2, 0) is 17.8 Å². The van der Waals surface area contributed by atoms with E-state index in [4.69, 9.17) is 5.73 Å². The average Bonchev–Trinajstić information content (AvgIpc) is 3.05. The number of carbonyl (C=O) groups is 1. The molecule has 0 aliphatic heterocycles. The van der Waals surface area contributed by atoms with Crippen molar-refractivity contribution in [1.82, 2.24) is 15.0 Å². The summed E-state index contributed by atoms with van der Waals surface area (Å²) >= 11 is 1.60. The lowest BCUT2D eigenvalue weighted by molar-refractivity contribution is -0.117. The van der Waals surface area contributed by atoms with Crippen molar-refractivity contribution < 1.29 is 9.18 Å². The number of aromatic nitrogens is 3. The van der Waals surface area contributed by atoms with Crippen molar-refractivity contribution >= 4 is 28.9 Å². The molecule has 9 heteroatoms. The summed E-state index contributed by atoms with van der Waals surface area (Å²) in [6, 6.07) is 7.32. The molecule has 4 N–H and O–H groups in total. The molecule has 0 spiro atoms. The summed E-state index contributed by atoms with van der Waals surface area (Å²) in [4.78, 5) is 24.6. The van der Waals surface area contributed by atoms with Crippen LogP contribution < -0.4 is 16.4 Å². The highest BCUT2D eigenvalue weighted by molar-refractivity contribution is 7.11. The first-order chi connectivity index (χ1) is 14.4. The van der Waals surface area contributed by atoms with E-state index in [0.717, 1.165) is 33.1 Å². The van der Waals surface area contributed by atoms with E-state index in [1.54, 1.807) is 11.3 Å². The third kappa shape index (κ3) is 5.29. The zero-order chi connectivity index (χ0) is 21.7. The van der Waals surface area contributed by atoms with Gasteiger partial charge in [0.1, 0.15) is 6.33 Å². The van der Waals surface area contributed by atoms with Crippen LogP contribution in [0.4, 0.5) is 16.0 Å². The number of nitrogens with one attached hydrogen (secondary N) is 2. The van der Waals surface area contributed by atoms with Gasteiger partial charge in [0, 0.05) is 11.4 Å². The first kappa shape index (κ1) is 21.6. The predicted molar refractivity (Wildman–Crippen MR) is 117 cm³/mol. The number of hydrogen-bond donors (Lipinski definition) is 3. The molecule has 0 saturated heterocycles. The molecule has 0 bridgehead atoms. The van der Waals surface area contributed by atoms with Gasteiger partial charge in [-0.2, -0.15) is 4.39 Å². The maximum Gasteiger partial charge on any atom is 0.221 e. The molecule has 1 atom stereocenters. The van der Waals surface area contributed by atoms with Crippen LogP contribution in [0, 0.1) is 19.7 Å². The van der Waals surface area contributed by atoms with Gasteiger partial charge in [-0.15, -0.1) is 11.3 Å². The third-order valence-corrected chi connectivity index (χ3v) is 5.81. The molecule has 0 aliphatic carbocycles. The van der Waals surface area contributed by atoms with Crippen LogP contribution in [0.2, 0.25) is 0 Å². The van der Waals surface area contributed by atoms with Gasteiger partial charge in [0.2, 0.25) is 11.7 Å². The molecule has 1 aromatic carbocycles. The van der Waals surface area contributed by atoms with Crippen LogP contribution >= 0.6 is 11.3 Å². The van der Waals surface area contributed by atoms with Gasteiger partial charge in [-0.05, 0) is 31.4 Å². The number of amides is 1. The maximum absolute atomic E-state index is 15.0. The van der Waals surface area contributed by atoms with Gasteiger partial charge < -0.3 is 16.4 Å². The fourth-order valence-electron chi connectivity index (χ4n) is 3.14. The Balaban J connectivity index is 1.70. The van der Waals surface area contributed by atoms with E-state index >= 15 is 0 Å². The SMILES string of the molecule is CCC(Nc1ncnc(NCc2ccc(CC(N)=O)cc2)c1F)c1sc(C)nc1C. The Morgan fingerprint density at radius 3 is 2.43 bits per heavy atom. The Bertz CT molecular complexity index is 1020. The highest BCUT2D eigenvalue weighted by Gasteiger charge is 2.19. The zero-order valence-corrected chi connectivity index (χ0v) is 18.0. The number of aryl methyl sites for hydroxylation is 2. The number of nitrogens with two attached hydrogens (primary N) is 1. The smallest absolute Gasteiger partial charge is 0.221 e. The molecule has 3 aromatic rings. The Kier molecular flexibility index (Phi) is 6.94. The lowest BCUT2D eigenvalue weighted by atomic mass is 10.1. The summed E-state index contributed by atoms with van der Waals surface area (Å²) in [5.74, 6) is -0.624. The number of nitrogens with zero attached hydrogens (tertiary/aromatic N) is 3. The van der Waals surface area contributed by atoms with Crippen LogP contribution in [-0.4, -0.2) is 20.9 Å². The Labute approximate surface area is 179 Å². The van der Waals surface area contributed by atoms with E-state index in [0.29, 0.717) is 6.54 Å². The molecule has 3 rings (SSSR count). The van der Waals surface area contributed by atoms with Crippen LogP contribution in [0.25, 0.3) is 0 Å². The fraction of sp³-hybridized carbons (Fsp3) is 0.333. The highest BCUT2D eigenvalue weighted by atomic mass is 32.1. The molecular weight excluding hydrogens is 403 g/mol. The number of anilines is 2. The second-order valence-corrected chi connectivity index (χ2v) is 8.22. The monoisotopic (exact) mass is 428 g/mol. The second kappa shape index (κ2) is 9.62. The van der Waals surface area contributed by atoms with Crippen molar-refractivity contribution in [3.05, 3.63) is 63.1 Å². The first-order valence-corrected chi connectivity index (χ1v) is 10.5. The normalized spacial score (nSPS) is 11.9. The number of benzene rings is 1. The van der Waals surface area contributed by atoms with Crippen molar-refractivity contribution in [1.29, 1.82) is 0 Å². The minimum atomic E-state index is -0.528. The van der Waals surface area contributed by atoms with E-state index in [9.17, 15) is 9.18 Å². The quantitative estimate of drug-likeness (QED) is 0.477. The van der Waals surface area contributed by atoms with Crippen molar-refractivity contribution in [2.75, 3.05) is 10.6 Å². The van der Waals surface area contributed by atoms with Gasteiger partial charge in [0.15, 0.2) is 11.6 Å². The summed E-state index contributed by atoms with van der Waals surface area (Å²) in [6.07, 6.45) is 2.30. The van der Waals surface area contributed by atoms with Crippen molar-refractivity contribution in [3.8, 4) is 0 Å². The molecule has 1 amide bonds. The third-order valence-electron chi connectivity index (χ3n) is 4.63. The summed E-state index contributed by atoms with van der Waals surface area (Å²) in [5.41, 5.74) is 7.92. The van der Waals surface area contributed by atoms with Gasteiger partial charge in [-0.1, -0.05) is 31.2 Å². The van der Waals surface area contributed by atoms with Gasteiger partial charge in [-0.3, -0.25) is 4.79 Å². The number of carbonyl (C=O) groups excluding carboxylic acids is 1. The van der Waals surface area contributed by atoms with E-state index in [1.165, 1.54) is 6.33 Å². The Hall–Kier alpha value is -3.07. The van der Waals surface area contributed by atoms with Crippen molar-refractivity contribution in [3.63, 3.8) is 0 Å². The van der Waals surface area contributed by atoms with Gasteiger partial charge in [-0.25, -0.2) is 15.0 Å². The fourth-order valence-corrected chi connectivity index (χ4v) is 4.21. The van der Waals surface area contributed by atoms with Gasteiger partial charge in [0.05, 0.1) is 23.2 Å². The molecule has 2 heterocycles. The molecular formula is C21H25FN6OS. The molecule has 30 heavy (non-hydrogen) atoms. The van der Waals surface area contributed by atoms with Crippen LogP contribution in [0.1, 0.15) is 46.1 Å². The minimum Gasteiger partial charge on any atom is -0.369 e. The molecule has 0 radical (unpaired) electrons. The summed E-state index contributed by atoms with van der Waals surface area (Å²) in [7, 11) is 0. The molecule has 7 nitrogen and oxygen atoms in total. The lowest BCUT2D eigenvalue weighted by Gasteiger charge is -2.18. The minimum absolute atomic E-state index is 0.0775. The predicted octanol–water partition coefficient (Wildman–Crippen LogP) is 3.89. The summed E-state index contributed by atoms with van der Waals surface area (Å²) in [5, 5.41) is 7.18. The number of primary amides is 1. The number of rotatable bonds is 9. The average molecular weight is 429 g/mol. The van der Waals surface area contributed by atoms with E-state index in [1.807, 2.05) is 45.0 Å². The number of halogens is 1. The standard InChI is InChI=1S/C21H25FN6OS/c1-4-16(19-12(2)27-13(3)30-19)28-21-18(22)20(25-11-26-21)24-10-15-7-5-14(6-8-15)9-17(23)29/h5-8,11,16H,4,9-10H2,1-3H3,(H2,23,29)(H2,24,25,26,28). The highest BCUT2D eigenvalue weighted by Crippen LogP contribution is 2.31. The van der Waals surface area contributed by atoms with Crippen LogP contribution in [0.3, 0.4) is 0 Å². The first-order valence-electron chi connectivity index (χ1n) is 9.68. The van der Waals surface area contributed by atoms with Gasteiger partial charge in [0.25, 0.3) is 0 Å². The van der Waals surface area contributed by atoms with E-state index in [-0.39, 0.29) is 30.0 Å². The van der Waals surface area contributed by atoms with Crippen molar-refractivity contribution in [2.45, 2.75) is 46.2 Å². The molecule has 2 aromatic heterocycles. The Morgan fingerprint density at radius 2 is 1.83 bits per heavy atom. The molecule has 0 fully saturated rings. The number of thiazole rings is 1. The zero-order valence-electron chi connectivity index (χ0n) is 17.2. The maximum atomic E-state index is 15.0. The van der Waals surface area contributed by atoms with Crippen LogP contribution in [0.15, 0.2) is 30.6 Å². The second-order valence-electron chi connectivity index (χ2n) is 6.99. The molecule has 0 aliphatic rings. The summed E-state index contributed by atoms with van der Waals surface area (Å²) in [6.45, 7) is 6.34. The van der Waals surface area contributed by atoms with Gasteiger partial charge >= 0.3 is 0 Å². The van der Waals surface area contributed by atoms with E-state index < -0.39 is 5.82 Å². The lowest BCUT2D eigenvalue weighted by Crippen LogP contribution is -2.14. The topological polar surface area (TPSA) is 106 Å². The van der Waals surface area contributed by atoms with Crippen molar-refractivity contribution in [2.24, 2.45) is 5.73 Å². The number of hydrogen-bond acceptors (Lipinski definition) is 7. The molecule has 0 saturated carbocycles. The van der Waals surface area contributed by atoms with Crippen LogP contribution in [0.5, 0.6) is 0 Å². The van der Waals surface area contributed by atoms with E-state index in [2.05, 4.69) is 25.6 Å². The molecule has 158 valence electrons. The largest absolute Gasteiger partial charge is 0.369 e.